The largest absolute Gasteiger partial charge is 0.493 e. The van der Waals surface area contributed by atoms with E-state index in [1.54, 1.807) is 25.3 Å². The molecule has 1 aliphatic rings. The van der Waals surface area contributed by atoms with Crippen LogP contribution < -0.4 is 14.8 Å². The third-order valence-corrected chi connectivity index (χ3v) is 5.34. The molecule has 1 heterocycles. The van der Waals surface area contributed by atoms with Gasteiger partial charge in [-0.2, -0.15) is 0 Å². The Kier molecular flexibility index (Phi) is 6.33. The molecule has 1 amide bonds. The maximum atomic E-state index is 13.0. The van der Waals surface area contributed by atoms with Crippen LogP contribution in [0.15, 0.2) is 82.7 Å². The number of rotatable bonds is 6. The second-order valence-corrected chi connectivity index (χ2v) is 7.67. The zero-order chi connectivity index (χ0) is 21.6. The normalized spacial score (nSPS) is 15.9. The lowest BCUT2D eigenvalue weighted by Gasteiger charge is -2.11. The summed E-state index contributed by atoms with van der Waals surface area (Å²) in [6.45, 7) is 0.430. The molecule has 1 fully saturated rings. The lowest BCUT2D eigenvalue weighted by molar-refractivity contribution is -0.115. The molecular weight excluding hydrogens is 415 g/mol. The molecule has 1 saturated heterocycles. The summed E-state index contributed by atoms with van der Waals surface area (Å²) in [7, 11) is 1.58. The SMILES string of the molecule is COc1cc(/C=C2\SC(=Nc3ccc(F)cc3)NC2=O)ccc1OCc1ccccc1. The number of hydrogen-bond acceptors (Lipinski definition) is 5. The van der Waals surface area contributed by atoms with E-state index in [4.69, 9.17) is 9.47 Å². The summed E-state index contributed by atoms with van der Waals surface area (Å²) in [6, 6.07) is 21.1. The summed E-state index contributed by atoms with van der Waals surface area (Å²) in [5, 5.41) is 3.16. The molecule has 0 aromatic heterocycles. The van der Waals surface area contributed by atoms with E-state index >= 15 is 0 Å². The van der Waals surface area contributed by atoms with Crippen molar-refractivity contribution in [2.24, 2.45) is 4.99 Å². The van der Waals surface area contributed by atoms with Gasteiger partial charge in [-0.05, 0) is 65.4 Å². The number of ether oxygens (including phenoxy) is 2. The summed E-state index contributed by atoms with van der Waals surface area (Å²) in [4.78, 5) is 17.2. The summed E-state index contributed by atoms with van der Waals surface area (Å²) < 4.78 is 24.4. The number of amides is 1. The van der Waals surface area contributed by atoms with Gasteiger partial charge in [-0.1, -0.05) is 36.4 Å². The lowest BCUT2D eigenvalue weighted by Crippen LogP contribution is -2.19. The molecule has 0 spiro atoms. The van der Waals surface area contributed by atoms with Gasteiger partial charge in [0.2, 0.25) is 0 Å². The molecular formula is C24H19FN2O3S. The maximum Gasteiger partial charge on any atom is 0.264 e. The Morgan fingerprint density at radius 1 is 1.03 bits per heavy atom. The molecule has 0 radical (unpaired) electrons. The number of thioether (sulfide) groups is 1. The molecule has 7 heteroatoms. The topological polar surface area (TPSA) is 59.9 Å². The Morgan fingerprint density at radius 2 is 1.81 bits per heavy atom. The second-order valence-electron chi connectivity index (χ2n) is 6.64. The van der Waals surface area contributed by atoms with Gasteiger partial charge in [0.25, 0.3) is 5.91 Å². The van der Waals surface area contributed by atoms with E-state index in [0.29, 0.717) is 33.9 Å². The fourth-order valence-electron chi connectivity index (χ4n) is 2.89. The standard InChI is InChI=1S/C24H19FN2O3S/c1-29-21-13-17(7-12-20(21)30-15-16-5-3-2-4-6-16)14-22-23(28)27-24(31-22)26-19-10-8-18(25)9-11-19/h2-14H,15H2,1H3,(H,26,27,28)/b22-14-. The highest BCUT2D eigenvalue weighted by Gasteiger charge is 2.24. The van der Waals surface area contributed by atoms with Crippen molar-refractivity contribution in [2.75, 3.05) is 7.11 Å². The number of aliphatic imine (C=N–C) groups is 1. The van der Waals surface area contributed by atoms with Crippen molar-refractivity contribution in [3.8, 4) is 11.5 Å². The first-order chi connectivity index (χ1) is 15.1. The van der Waals surface area contributed by atoms with Crippen LogP contribution >= 0.6 is 11.8 Å². The fraction of sp³-hybridized carbons (Fsp3) is 0.0833. The zero-order valence-electron chi connectivity index (χ0n) is 16.7. The number of carbonyl (C=O) groups is 1. The number of nitrogens with zero attached hydrogens (tertiary/aromatic N) is 1. The van der Waals surface area contributed by atoms with Gasteiger partial charge in [-0.25, -0.2) is 9.38 Å². The van der Waals surface area contributed by atoms with Crippen LogP contribution in [0, 0.1) is 5.82 Å². The van der Waals surface area contributed by atoms with E-state index in [1.807, 2.05) is 48.5 Å². The van der Waals surface area contributed by atoms with Gasteiger partial charge >= 0.3 is 0 Å². The van der Waals surface area contributed by atoms with Gasteiger partial charge in [-0.3, -0.25) is 4.79 Å². The van der Waals surface area contributed by atoms with Crippen molar-refractivity contribution in [3.63, 3.8) is 0 Å². The van der Waals surface area contributed by atoms with Gasteiger partial charge in [0, 0.05) is 0 Å². The minimum Gasteiger partial charge on any atom is -0.493 e. The highest BCUT2D eigenvalue weighted by Crippen LogP contribution is 2.32. The van der Waals surface area contributed by atoms with Gasteiger partial charge in [0.05, 0.1) is 17.7 Å². The second kappa shape index (κ2) is 9.49. The summed E-state index contributed by atoms with van der Waals surface area (Å²) >= 11 is 1.22. The van der Waals surface area contributed by atoms with Gasteiger partial charge in [0.15, 0.2) is 16.7 Å². The predicted octanol–water partition coefficient (Wildman–Crippen LogP) is 5.30. The zero-order valence-corrected chi connectivity index (χ0v) is 17.5. The van der Waals surface area contributed by atoms with Gasteiger partial charge < -0.3 is 14.8 Å². The molecule has 5 nitrogen and oxygen atoms in total. The van der Waals surface area contributed by atoms with E-state index in [1.165, 1.54) is 23.9 Å². The molecule has 3 aromatic carbocycles. The Bertz CT molecular complexity index is 1150. The monoisotopic (exact) mass is 434 g/mol. The third-order valence-electron chi connectivity index (χ3n) is 4.43. The first kappa shape index (κ1) is 20.7. The van der Waals surface area contributed by atoms with Crippen molar-refractivity contribution in [1.29, 1.82) is 0 Å². The molecule has 1 N–H and O–H groups in total. The average molecular weight is 434 g/mol. The van der Waals surface area contributed by atoms with Crippen LogP contribution in [0.25, 0.3) is 6.08 Å². The fourth-order valence-corrected chi connectivity index (χ4v) is 3.74. The van der Waals surface area contributed by atoms with Gasteiger partial charge in [-0.15, -0.1) is 0 Å². The molecule has 0 saturated carbocycles. The molecule has 156 valence electrons. The molecule has 0 atom stereocenters. The van der Waals surface area contributed by atoms with E-state index in [9.17, 15) is 9.18 Å². The number of methoxy groups -OCH3 is 1. The molecule has 0 bridgehead atoms. The molecule has 0 aliphatic carbocycles. The van der Waals surface area contributed by atoms with Crippen LogP contribution in [-0.2, 0) is 11.4 Å². The van der Waals surface area contributed by atoms with Crippen molar-refractivity contribution in [2.45, 2.75) is 6.61 Å². The summed E-state index contributed by atoms with van der Waals surface area (Å²) in [6.07, 6.45) is 1.76. The molecule has 3 aromatic rings. The highest BCUT2D eigenvalue weighted by atomic mass is 32.2. The number of amidine groups is 1. The molecule has 1 aliphatic heterocycles. The number of carbonyl (C=O) groups excluding carboxylic acids is 1. The van der Waals surface area contributed by atoms with Gasteiger partial charge in [0.1, 0.15) is 12.4 Å². The Hall–Kier alpha value is -3.58. The highest BCUT2D eigenvalue weighted by molar-refractivity contribution is 8.18. The Morgan fingerprint density at radius 3 is 2.55 bits per heavy atom. The van der Waals surface area contributed by atoms with E-state index < -0.39 is 0 Å². The smallest absolute Gasteiger partial charge is 0.264 e. The summed E-state index contributed by atoms with van der Waals surface area (Å²) in [5.74, 6) is 0.622. The summed E-state index contributed by atoms with van der Waals surface area (Å²) in [5.41, 5.74) is 2.42. The maximum absolute atomic E-state index is 13.0. The Labute approximate surface area is 183 Å². The van der Waals surface area contributed by atoms with Crippen molar-refractivity contribution < 1.29 is 18.7 Å². The number of nitrogens with one attached hydrogen (secondary N) is 1. The molecule has 0 unspecified atom stereocenters. The first-order valence-electron chi connectivity index (χ1n) is 9.50. The number of benzene rings is 3. The van der Waals surface area contributed by atoms with Crippen LogP contribution in [-0.4, -0.2) is 18.2 Å². The molecule has 4 rings (SSSR count). The van der Waals surface area contributed by atoms with E-state index in [0.717, 1.165) is 11.1 Å². The minimum absolute atomic E-state index is 0.241. The van der Waals surface area contributed by atoms with Crippen molar-refractivity contribution in [3.05, 3.63) is 94.6 Å². The van der Waals surface area contributed by atoms with E-state index in [-0.39, 0.29) is 11.7 Å². The quantitative estimate of drug-likeness (QED) is 0.535. The lowest BCUT2D eigenvalue weighted by atomic mass is 10.2. The van der Waals surface area contributed by atoms with Crippen molar-refractivity contribution >= 4 is 34.6 Å². The number of halogens is 1. The van der Waals surface area contributed by atoms with Crippen LogP contribution in [0.5, 0.6) is 11.5 Å². The van der Waals surface area contributed by atoms with Crippen LogP contribution in [0.4, 0.5) is 10.1 Å². The van der Waals surface area contributed by atoms with Crippen LogP contribution in [0.3, 0.4) is 0 Å². The average Bonchev–Trinajstić information content (AvgIpc) is 3.13. The van der Waals surface area contributed by atoms with Crippen molar-refractivity contribution in [1.82, 2.24) is 5.32 Å². The Balaban J connectivity index is 1.48. The predicted molar refractivity (Wildman–Crippen MR) is 121 cm³/mol. The third kappa shape index (κ3) is 5.32. The first-order valence-corrected chi connectivity index (χ1v) is 10.3. The number of hydrogen-bond donors (Lipinski definition) is 1. The van der Waals surface area contributed by atoms with Crippen LogP contribution in [0.1, 0.15) is 11.1 Å². The minimum atomic E-state index is -0.335. The van der Waals surface area contributed by atoms with Crippen LogP contribution in [0.2, 0.25) is 0 Å². The van der Waals surface area contributed by atoms with E-state index in [2.05, 4.69) is 10.3 Å². The molecule has 31 heavy (non-hydrogen) atoms.